The number of rotatable bonds is 5. The molecule has 2 amide bonds. The second-order valence-electron chi connectivity index (χ2n) is 4.45. The Bertz CT molecular complexity index is 335. The number of piperazine rings is 1. The van der Waals surface area contributed by atoms with Gasteiger partial charge in [-0.1, -0.05) is 20.3 Å². The molecule has 0 saturated carbocycles. The predicted octanol–water partition coefficient (Wildman–Crippen LogP) is -1.31. The third-order valence-corrected chi connectivity index (χ3v) is 3.11. The Labute approximate surface area is 105 Å². The van der Waals surface area contributed by atoms with Crippen LogP contribution in [0, 0.1) is 5.92 Å². The lowest BCUT2D eigenvalue weighted by atomic mass is 9.99. The summed E-state index contributed by atoms with van der Waals surface area (Å²) in [5.74, 6) is -1.76. The largest absolute Gasteiger partial charge is 0.480 e. The van der Waals surface area contributed by atoms with Crippen LogP contribution >= 0.6 is 0 Å². The minimum absolute atomic E-state index is 0.0686. The van der Waals surface area contributed by atoms with Crippen molar-refractivity contribution in [3.8, 4) is 0 Å². The van der Waals surface area contributed by atoms with Gasteiger partial charge in [-0.25, -0.2) is 4.79 Å². The third kappa shape index (κ3) is 3.69. The highest BCUT2D eigenvalue weighted by atomic mass is 16.4. The van der Waals surface area contributed by atoms with Crippen molar-refractivity contribution in [2.75, 3.05) is 13.1 Å². The van der Waals surface area contributed by atoms with E-state index in [4.69, 9.17) is 5.11 Å². The Balaban J connectivity index is 2.56. The summed E-state index contributed by atoms with van der Waals surface area (Å²) in [6, 6.07) is -1.48. The van der Waals surface area contributed by atoms with Crippen molar-refractivity contribution in [3.05, 3.63) is 0 Å². The highest BCUT2D eigenvalue weighted by molar-refractivity contribution is 5.89. The molecule has 1 fully saturated rings. The van der Waals surface area contributed by atoms with Crippen LogP contribution in [0.4, 0.5) is 0 Å². The number of amides is 2. The molecule has 0 radical (unpaired) electrons. The predicted molar refractivity (Wildman–Crippen MR) is 63.8 cm³/mol. The number of hydrogen-bond donors (Lipinski definition) is 4. The van der Waals surface area contributed by atoms with E-state index in [0.29, 0.717) is 6.42 Å². The molecule has 102 valence electrons. The van der Waals surface area contributed by atoms with Crippen LogP contribution in [0.15, 0.2) is 0 Å². The Kier molecular flexibility index (Phi) is 5.08. The van der Waals surface area contributed by atoms with Gasteiger partial charge in [0.25, 0.3) is 0 Å². The zero-order chi connectivity index (χ0) is 13.7. The molecule has 18 heavy (non-hydrogen) atoms. The monoisotopic (exact) mass is 257 g/mol. The lowest BCUT2D eigenvalue weighted by molar-refractivity contribution is -0.144. The van der Waals surface area contributed by atoms with Gasteiger partial charge in [0.1, 0.15) is 12.1 Å². The van der Waals surface area contributed by atoms with E-state index in [1.54, 1.807) is 6.92 Å². The van der Waals surface area contributed by atoms with Gasteiger partial charge in [0.15, 0.2) is 0 Å². The molecule has 0 bridgehead atoms. The second kappa shape index (κ2) is 6.34. The molecule has 1 rings (SSSR count). The smallest absolute Gasteiger partial charge is 0.326 e. The van der Waals surface area contributed by atoms with Crippen LogP contribution < -0.4 is 16.0 Å². The van der Waals surface area contributed by atoms with E-state index >= 15 is 0 Å². The molecule has 7 nitrogen and oxygen atoms in total. The Morgan fingerprint density at radius 3 is 2.67 bits per heavy atom. The average Bonchev–Trinajstić information content (AvgIpc) is 2.35. The lowest BCUT2D eigenvalue weighted by Gasteiger charge is -2.26. The highest BCUT2D eigenvalue weighted by Crippen LogP contribution is 2.08. The number of carbonyl (C=O) groups excluding carboxylic acids is 2. The number of carboxylic acid groups (broad SMARTS) is 1. The summed E-state index contributed by atoms with van der Waals surface area (Å²) < 4.78 is 0. The first-order chi connectivity index (χ1) is 8.45. The van der Waals surface area contributed by atoms with Gasteiger partial charge in [-0.2, -0.15) is 0 Å². The molecule has 1 unspecified atom stereocenters. The van der Waals surface area contributed by atoms with Crippen LogP contribution in [0.5, 0.6) is 0 Å². The van der Waals surface area contributed by atoms with E-state index in [-0.39, 0.29) is 24.9 Å². The first-order valence-corrected chi connectivity index (χ1v) is 5.99. The van der Waals surface area contributed by atoms with E-state index in [9.17, 15) is 14.4 Å². The summed E-state index contributed by atoms with van der Waals surface area (Å²) in [4.78, 5) is 33.8. The fourth-order valence-corrected chi connectivity index (χ4v) is 1.69. The highest BCUT2D eigenvalue weighted by Gasteiger charge is 2.30. The average molecular weight is 257 g/mol. The first kappa shape index (κ1) is 14.4. The standard InChI is InChI=1S/C11H19N3O4/c1-3-6(2)9(11(17)18)14-10(16)7-4-13-8(15)5-12-7/h6-7,9,12H,3-5H2,1-2H3,(H,13,15)(H,14,16)(H,17,18)/t6-,7?,9-/m0/s1. The maximum Gasteiger partial charge on any atom is 0.326 e. The number of hydrogen-bond acceptors (Lipinski definition) is 4. The number of aliphatic carboxylic acids is 1. The molecule has 1 saturated heterocycles. The normalized spacial score (nSPS) is 22.8. The molecule has 0 spiro atoms. The summed E-state index contributed by atoms with van der Waals surface area (Å²) in [5, 5.41) is 16.9. The topological polar surface area (TPSA) is 108 Å². The summed E-state index contributed by atoms with van der Waals surface area (Å²) in [7, 11) is 0. The van der Waals surface area contributed by atoms with Crippen LogP contribution in [0.25, 0.3) is 0 Å². The summed E-state index contributed by atoms with van der Waals surface area (Å²) >= 11 is 0. The van der Waals surface area contributed by atoms with Crippen molar-refractivity contribution < 1.29 is 19.5 Å². The molecule has 0 aromatic rings. The summed E-state index contributed by atoms with van der Waals surface area (Å²) in [5.41, 5.74) is 0. The molecule has 0 aliphatic carbocycles. The van der Waals surface area contributed by atoms with Gasteiger partial charge >= 0.3 is 5.97 Å². The molecule has 1 aliphatic heterocycles. The van der Waals surface area contributed by atoms with Gasteiger partial charge < -0.3 is 15.7 Å². The van der Waals surface area contributed by atoms with Gasteiger partial charge in [0, 0.05) is 6.54 Å². The van der Waals surface area contributed by atoms with Crippen LogP contribution in [-0.4, -0.2) is 48.1 Å². The summed E-state index contributed by atoms with van der Waals surface area (Å²) in [6.07, 6.45) is 0.659. The Morgan fingerprint density at radius 2 is 2.22 bits per heavy atom. The van der Waals surface area contributed by atoms with Gasteiger partial charge in [-0.05, 0) is 5.92 Å². The Hall–Kier alpha value is -1.63. The van der Waals surface area contributed by atoms with Gasteiger partial charge in [0.05, 0.1) is 6.54 Å². The lowest BCUT2D eigenvalue weighted by Crippen LogP contribution is -2.60. The van der Waals surface area contributed by atoms with Gasteiger partial charge in [-0.3, -0.25) is 14.9 Å². The van der Waals surface area contributed by atoms with Crippen molar-refractivity contribution in [3.63, 3.8) is 0 Å². The third-order valence-electron chi connectivity index (χ3n) is 3.11. The molecule has 0 aromatic heterocycles. The van der Waals surface area contributed by atoms with E-state index < -0.39 is 24.0 Å². The summed E-state index contributed by atoms with van der Waals surface area (Å²) in [6.45, 7) is 3.89. The quantitative estimate of drug-likeness (QED) is 0.489. The minimum Gasteiger partial charge on any atom is -0.480 e. The SMILES string of the molecule is CC[C@H](C)[C@H](NC(=O)C1CNC(=O)CN1)C(=O)O. The molecule has 4 N–H and O–H groups in total. The fourth-order valence-electron chi connectivity index (χ4n) is 1.69. The minimum atomic E-state index is -1.04. The van der Waals surface area contributed by atoms with Gasteiger partial charge in [0.2, 0.25) is 11.8 Å². The van der Waals surface area contributed by atoms with E-state index in [0.717, 1.165) is 0 Å². The van der Waals surface area contributed by atoms with Crippen molar-refractivity contribution in [1.82, 2.24) is 16.0 Å². The molecule has 3 atom stereocenters. The molecule has 7 heteroatoms. The maximum absolute atomic E-state index is 11.9. The van der Waals surface area contributed by atoms with Crippen molar-refractivity contribution in [1.29, 1.82) is 0 Å². The van der Waals surface area contributed by atoms with Crippen molar-refractivity contribution in [2.24, 2.45) is 5.92 Å². The van der Waals surface area contributed by atoms with E-state index in [1.807, 2.05) is 6.92 Å². The van der Waals surface area contributed by atoms with Gasteiger partial charge in [-0.15, -0.1) is 0 Å². The molecular weight excluding hydrogens is 238 g/mol. The molecular formula is C11H19N3O4. The van der Waals surface area contributed by atoms with Crippen LogP contribution in [0.3, 0.4) is 0 Å². The van der Waals surface area contributed by atoms with Crippen LogP contribution in [0.2, 0.25) is 0 Å². The first-order valence-electron chi connectivity index (χ1n) is 5.99. The second-order valence-corrected chi connectivity index (χ2v) is 4.45. The number of nitrogens with one attached hydrogen (secondary N) is 3. The molecule has 1 aliphatic rings. The molecule has 0 aromatic carbocycles. The van der Waals surface area contributed by atoms with Crippen LogP contribution in [-0.2, 0) is 14.4 Å². The van der Waals surface area contributed by atoms with Crippen molar-refractivity contribution >= 4 is 17.8 Å². The Morgan fingerprint density at radius 1 is 1.56 bits per heavy atom. The number of carbonyl (C=O) groups is 3. The maximum atomic E-state index is 11.9. The molecule has 1 heterocycles. The zero-order valence-electron chi connectivity index (χ0n) is 10.5. The number of carboxylic acids is 1. The zero-order valence-corrected chi connectivity index (χ0v) is 10.5. The fraction of sp³-hybridized carbons (Fsp3) is 0.727. The van der Waals surface area contributed by atoms with E-state index in [2.05, 4.69) is 16.0 Å². The van der Waals surface area contributed by atoms with Crippen LogP contribution in [0.1, 0.15) is 20.3 Å². The van der Waals surface area contributed by atoms with Crippen molar-refractivity contribution in [2.45, 2.75) is 32.4 Å². The van der Waals surface area contributed by atoms with E-state index in [1.165, 1.54) is 0 Å².